The highest BCUT2D eigenvalue weighted by molar-refractivity contribution is 5.93. The Hall–Kier alpha value is -3.15. The Balaban J connectivity index is 1.63. The monoisotopic (exact) mass is 309 g/mol. The van der Waals surface area contributed by atoms with Crippen molar-refractivity contribution in [3.8, 4) is 17.2 Å². The van der Waals surface area contributed by atoms with Crippen molar-refractivity contribution in [2.75, 3.05) is 7.11 Å². The molecule has 1 aromatic carbocycles. The van der Waals surface area contributed by atoms with Gasteiger partial charge in [-0.3, -0.25) is 4.79 Å². The van der Waals surface area contributed by atoms with Crippen LogP contribution in [0.2, 0.25) is 0 Å². The predicted octanol–water partition coefficient (Wildman–Crippen LogP) is 2.68. The number of rotatable bonds is 5. The van der Waals surface area contributed by atoms with Gasteiger partial charge in [0.1, 0.15) is 0 Å². The molecule has 3 rings (SSSR count). The van der Waals surface area contributed by atoms with Crippen molar-refractivity contribution in [1.29, 1.82) is 0 Å². The van der Waals surface area contributed by atoms with E-state index in [1.54, 1.807) is 25.4 Å². The van der Waals surface area contributed by atoms with Gasteiger partial charge in [-0.2, -0.15) is 0 Å². The van der Waals surface area contributed by atoms with Crippen LogP contribution in [0.4, 0.5) is 0 Å². The molecule has 0 saturated heterocycles. The van der Waals surface area contributed by atoms with Gasteiger partial charge < -0.3 is 14.6 Å². The fourth-order valence-corrected chi connectivity index (χ4v) is 2.03. The van der Waals surface area contributed by atoms with E-state index in [4.69, 9.17) is 9.26 Å². The lowest BCUT2D eigenvalue weighted by atomic mass is 10.1. The van der Waals surface area contributed by atoms with Crippen molar-refractivity contribution in [3.63, 3.8) is 0 Å². The number of methoxy groups -OCH3 is 1. The molecule has 6 heteroatoms. The minimum absolute atomic E-state index is 0.241. The SMILES string of the molecule is COc1ccc(CNC(=O)c2cc(-c3ccccc3)on2)cn1. The number of ether oxygens (including phenoxy) is 1. The maximum atomic E-state index is 12.1. The second-order valence-electron chi connectivity index (χ2n) is 4.83. The first kappa shape index (κ1) is 14.8. The summed E-state index contributed by atoms with van der Waals surface area (Å²) in [6.45, 7) is 0.351. The summed E-state index contributed by atoms with van der Waals surface area (Å²) in [5.41, 5.74) is 1.98. The lowest BCUT2D eigenvalue weighted by Gasteiger charge is -2.03. The summed E-state index contributed by atoms with van der Waals surface area (Å²) in [5, 5.41) is 6.58. The summed E-state index contributed by atoms with van der Waals surface area (Å²) in [6, 6.07) is 14.7. The quantitative estimate of drug-likeness (QED) is 0.784. The van der Waals surface area contributed by atoms with Crippen molar-refractivity contribution < 1.29 is 14.1 Å². The molecular weight excluding hydrogens is 294 g/mol. The summed E-state index contributed by atoms with van der Waals surface area (Å²) in [7, 11) is 1.55. The number of amides is 1. The van der Waals surface area contributed by atoms with E-state index in [2.05, 4.69) is 15.5 Å². The van der Waals surface area contributed by atoms with Crippen LogP contribution in [0, 0.1) is 0 Å². The molecule has 1 amide bonds. The number of nitrogens with zero attached hydrogens (tertiary/aromatic N) is 2. The zero-order valence-corrected chi connectivity index (χ0v) is 12.5. The molecule has 0 aliphatic heterocycles. The molecule has 23 heavy (non-hydrogen) atoms. The van der Waals surface area contributed by atoms with E-state index in [9.17, 15) is 4.79 Å². The van der Waals surface area contributed by atoms with Crippen LogP contribution >= 0.6 is 0 Å². The molecule has 2 heterocycles. The first-order valence-electron chi connectivity index (χ1n) is 7.05. The number of nitrogens with one attached hydrogen (secondary N) is 1. The number of hydrogen-bond acceptors (Lipinski definition) is 5. The van der Waals surface area contributed by atoms with Crippen LogP contribution in [0.1, 0.15) is 16.1 Å². The molecule has 2 aromatic heterocycles. The van der Waals surface area contributed by atoms with E-state index < -0.39 is 0 Å². The van der Waals surface area contributed by atoms with Crippen LogP contribution in [0.15, 0.2) is 59.3 Å². The zero-order valence-electron chi connectivity index (χ0n) is 12.5. The standard InChI is InChI=1S/C17H15N3O3/c1-22-16-8-7-12(10-18-16)11-19-17(21)14-9-15(23-20-14)13-5-3-2-4-6-13/h2-10H,11H2,1H3,(H,19,21). The van der Waals surface area contributed by atoms with Crippen molar-refractivity contribution in [3.05, 3.63) is 66.0 Å². The zero-order chi connectivity index (χ0) is 16.1. The molecule has 0 bridgehead atoms. The van der Waals surface area contributed by atoms with Gasteiger partial charge in [0.05, 0.1) is 7.11 Å². The molecule has 0 atom stereocenters. The topological polar surface area (TPSA) is 77.2 Å². The number of aromatic nitrogens is 2. The Kier molecular flexibility index (Phi) is 4.33. The highest BCUT2D eigenvalue weighted by atomic mass is 16.5. The Morgan fingerprint density at radius 2 is 2.04 bits per heavy atom. The highest BCUT2D eigenvalue weighted by Gasteiger charge is 2.13. The van der Waals surface area contributed by atoms with Gasteiger partial charge in [-0.1, -0.05) is 41.6 Å². The Bertz CT molecular complexity index is 782. The van der Waals surface area contributed by atoms with Crippen LogP contribution in [-0.2, 0) is 6.54 Å². The molecule has 0 spiro atoms. The van der Waals surface area contributed by atoms with Gasteiger partial charge in [-0.25, -0.2) is 4.98 Å². The third kappa shape index (κ3) is 3.55. The maximum absolute atomic E-state index is 12.1. The molecule has 116 valence electrons. The fraction of sp³-hybridized carbons (Fsp3) is 0.118. The normalized spacial score (nSPS) is 10.3. The Morgan fingerprint density at radius 1 is 1.22 bits per heavy atom. The fourth-order valence-electron chi connectivity index (χ4n) is 2.03. The van der Waals surface area contributed by atoms with Gasteiger partial charge >= 0.3 is 0 Å². The maximum Gasteiger partial charge on any atom is 0.273 e. The van der Waals surface area contributed by atoms with Gasteiger partial charge in [0.2, 0.25) is 5.88 Å². The first-order valence-corrected chi connectivity index (χ1v) is 7.05. The average Bonchev–Trinajstić information content (AvgIpc) is 3.11. The molecule has 0 fully saturated rings. The summed E-state index contributed by atoms with van der Waals surface area (Å²) in [5.74, 6) is 0.790. The molecule has 0 unspecified atom stereocenters. The third-order valence-electron chi connectivity index (χ3n) is 3.26. The van der Waals surface area contributed by atoms with Crippen molar-refractivity contribution in [1.82, 2.24) is 15.5 Å². The first-order chi connectivity index (χ1) is 11.3. The van der Waals surface area contributed by atoms with E-state index in [1.807, 2.05) is 36.4 Å². The van der Waals surface area contributed by atoms with Crippen molar-refractivity contribution >= 4 is 5.91 Å². The summed E-state index contributed by atoms with van der Waals surface area (Å²) < 4.78 is 10.2. The van der Waals surface area contributed by atoms with Crippen molar-refractivity contribution in [2.45, 2.75) is 6.54 Å². The highest BCUT2D eigenvalue weighted by Crippen LogP contribution is 2.19. The molecule has 0 aliphatic carbocycles. The molecular formula is C17H15N3O3. The van der Waals surface area contributed by atoms with Crippen LogP contribution in [0.5, 0.6) is 5.88 Å². The van der Waals surface area contributed by atoms with Gasteiger partial charge in [0, 0.05) is 30.4 Å². The predicted molar refractivity (Wildman–Crippen MR) is 83.9 cm³/mol. The number of benzene rings is 1. The lowest BCUT2D eigenvalue weighted by Crippen LogP contribution is -2.23. The largest absolute Gasteiger partial charge is 0.481 e. The lowest BCUT2D eigenvalue weighted by molar-refractivity contribution is 0.0942. The molecule has 0 saturated carbocycles. The summed E-state index contributed by atoms with van der Waals surface area (Å²) in [4.78, 5) is 16.2. The van der Waals surface area contributed by atoms with Crippen LogP contribution in [0.25, 0.3) is 11.3 Å². The second kappa shape index (κ2) is 6.74. The van der Waals surface area contributed by atoms with E-state index in [0.29, 0.717) is 18.2 Å². The van der Waals surface area contributed by atoms with E-state index >= 15 is 0 Å². The van der Waals surface area contributed by atoms with Crippen LogP contribution < -0.4 is 10.1 Å². The number of hydrogen-bond donors (Lipinski definition) is 1. The third-order valence-corrected chi connectivity index (χ3v) is 3.26. The number of carbonyl (C=O) groups is 1. The Morgan fingerprint density at radius 3 is 2.74 bits per heavy atom. The smallest absolute Gasteiger partial charge is 0.273 e. The molecule has 3 aromatic rings. The minimum Gasteiger partial charge on any atom is -0.481 e. The number of pyridine rings is 1. The number of carbonyl (C=O) groups excluding carboxylic acids is 1. The van der Waals surface area contributed by atoms with Crippen molar-refractivity contribution in [2.24, 2.45) is 0 Å². The summed E-state index contributed by atoms with van der Waals surface area (Å²) >= 11 is 0. The van der Waals surface area contributed by atoms with Gasteiger partial charge in [-0.15, -0.1) is 0 Å². The molecule has 6 nitrogen and oxygen atoms in total. The van der Waals surface area contributed by atoms with E-state index in [0.717, 1.165) is 11.1 Å². The Labute approximate surface area is 133 Å². The molecule has 0 radical (unpaired) electrons. The van der Waals surface area contributed by atoms with E-state index in [1.165, 1.54) is 0 Å². The van der Waals surface area contributed by atoms with Gasteiger partial charge in [-0.05, 0) is 5.56 Å². The molecule has 0 aliphatic rings. The van der Waals surface area contributed by atoms with Crippen LogP contribution in [0.3, 0.4) is 0 Å². The molecule has 1 N–H and O–H groups in total. The second-order valence-corrected chi connectivity index (χ2v) is 4.83. The summed E-state index contributed by atoms with van der Waals surface area (Å²) in [6.07, 6.45) is 1.65. The average molecular weight is 309 g/mol. The van der Waals surface area contributed by atoms with Crippen LogP contribution in [-0.4, -0.2) is 23.2 Å². The minimum atomic E-state index is -0.299. The van der Waals surface area contributed by atoms with Gasteiger partial charge in [0.15, 0.2) is 11.5 Å². The van der Waals surface area contributed by atoms with Gasteiger partial charge in [0.25, 0.3) is 5.91 Å². The van der Waals surface area contributed by atoms with E-state index in [-0.39, 0.29) is 11.6 Å².